The Hall–Kier alpha value is -8.18. The van der Waals surface area contributed by atoms with E-state index >= 15 is 0 Å². The van der Waals surface area contributed by atoms with Crippen molar-refractivity contribution in [3.63, 3.8) is 0 Å². The van der Waals surface area contributed by atoms with Crippen molar-refractivity contribution in [1.29, 1.82) is 0 Å². The average Bonchev–Trinajstić information content (AvgIpc) is 3.42. The van der Waals surface area contributed by atoms with Gasteiger partial charge in [0.05, 0.1) is 32.2 Å². The molecular formula is C66H60N4O4S2. The molecule has 0 amide bonds. The molecule has 10 rings (SSSR count). The lowest BCUT2D eigenvalue weighted by Gasteiger charge is -2.13. The average molecular weight is 1040 g/mol. The van der Waals surface area contributed by atoms with Crippen LogP contribution in [0.2, 0.25) is 0 Å². The van der Waals surface area contributed by atoms with Crippen LogP contribution in [0.15, 0.2) is 204 Å². The summed E-state index contributed by atoms with van der Waals surface area (Å²) < 4.78 is 48.0. The fourth-order valence-corrected chi connectivity index (χ4v) is 10.4. The van der Waals surface area contributed by atoms with Gasteiger partial charge in [0.25, 0.3) is 0 Å². The van der Waals surface area contributed by atoms with E-state index in [9.17, 15) is 16.8 Å². The zero-order chi connectivity index (χ0) is 53.7. The minimum Gasteiger partial charge on any atom is -0.256 e. The molecule has 0 aliphatic rings. The van der Waals surface area contributed by atoms with Crippen molar-refractivity contribution in [1.82, 2.24) is 19.9 Å². The van der Waals surface area contributed by atoms with Gasteiger partial charge in [-0.25, -0.2) is 16.8 Å². The van der Waals surface area contributed by atoms with Crippen LogP contribution in [0, 0.1) is 13.8 Å². The summed E-state index contributed by atoms with van der Waals surface area (Å²) in [5.41, 5.74) is 18.4. The second-order valence-electron chi connectivity index (χ2n) is 20.0. The van der Waals surface area contributed by atoms with Crippen molar-refractivity contribution in [3.8, 4) is 22.3 Å². The summed E-state index contributed by atoms with van der Waals surface area (Å²) >= 11 is 0. The highest BCUT2D eigenvalue weighted by atomic mass is 32.2. The van der Waals surface area contributed by atoms with Crippen LogP contribution in [0.25, 0.3) is 67.4 Å². The predicted molar refractivity (Wildman–Crippen MR) is 314 cm³/mol. The Balaban J connectivity index is 0.000000186. The van der Waals surface area contributed by atoms with Gasteiger partial charge in [-0.3, -0.25) is 19.9 Å². The van der Waals surface area contributed by atoms with E-state index < -0.39 is 19.7 Å². The minimum absolute atomic E-state index is 0.295. The Kier molecular flexibility index (Phi) is 15.5. The predicted octanol–water partition coefficient (Wildman–Crippen LogP) is 15.4. The summed E-state index contributed by atoms with van der Waals surface area (Å²) in [5.74, 6) is 0.797. The molecule has 0 fully saturated rings. The lowest BCUT2D eigenvalue weighted by molar-refractivity contribution is 0.600. The van der Waals surface area contributed by atoms with Crippen LogP contribution in [0.3, 0.4) is 0 Å². The van der Waals surface area contributed by atoms with Gasteiger partial charge < -0.3 is 0 Å². The maximum atomic E-state index is 12.0. The number of fused-ring (bicyclic) bond motifs is 2. The van der Waals surface area contributed by atoms with E-state index in [1.165, 1.54) is 23.6 Å². The highest BCUT2D eigenvalue weighted by Gasteiger charge is 2.16. The molecule has 0 saturated heterocycles. The molecule has 0 N–H and O–H groups in total. The molecule has 8 nitrogen and oxygen atoms in total. The number of rotatable bonds is 12. The van der Waals surface area contributed by atoms with Gasteiger partial charge in [0, 0.05) is 70.3 Å². The standard InChI is InChI=1S/2C33H30N2O2S/c2*1-22(2)28-19-27-9-6-16-34-33(27)31(20-28)26-8-5-7-24(17-26)18-30(32-15-10-23(3)21-35-32)25-11-13-29(14-12-25)38(4,36)37/h2*5-22H,1-4H3/b30-18+;30-18-. The largest absolute Gasteiger partial charge is 0.256 e. The first-order valence-corrected chi connectivity index (χ1v) is 29.0. The minimum atomic E-state index is -3.28. The van der Waals surface area contributed by atoms with Crippen LogP contribution in [0.4, 0.5) is 0 Å². The van der Waals surface area contributed by atoms with Crippen LogP contribution in [-0.4, -0.2) is 49.3 Å². The highest BCUT2D eigenvalue weighted by Crippen LogP contribution is 2.36. The number of aryl methyl sites for hydroxylation is 2. The van der Waals surface area contributed by atoms with Gasteiger partial charge in [-0.15, -0.1) is 0 Å². The number of pyridine rings is 4. The molecule has 76 heavy (non-hydrogen) atoms. The Morgan fingerprint density at radius 1 is 0.434 bits per heavy atom. The molecule has 0 aliphatic carbocycles. The summed E-state index contributed by atoms with van der Waals surface area (Å²) in [7, 11) is -6.56. The zero-order valence-corrected chi connectivity index (χ0v) is 45.7. The molecule has 0 aliphatic heterocycles. The van der Waals surface area contributed by atoms with Gasteiger partial charge >= 0.3 is 0 Å². The van der Waals surface area contributed by atoms with E-state index in [2.05, 4.69) is 135 Å². The number of hydrogen-bond acceptors (Lipinski definition) is 8. The maximum Gasteiger partial charge on any atom is 0.175 e. The van der Waals surface area contributed by atoms with E-state index in [4.69, 9.17) is 9.97 Å². The summed E-state index contributed by atoms with van der Waals surface area (Å²) in [5, 5.41) is 2.26. The zero-order valence-electron chi connectivity index (χ0n) is 44.0. The molecule has 0 unspecified atom stereocenters. The van der Waals surface area contributed by atoms with Gasteiger partial charge in [-0.05, 0) is 178 Å². The SMILES string of the molecule is Cc1ccc(/C(=C/c2cccc(-c3cc(C(C)C)cc4cccnc34)c2)c2ccc(S(C)(=O)=O)cc2)nc1.Cc1ccc(/C(=C\c2cccc(-c3cc(C(C)C)cc4cccnc34)c2)c2ccc(S(C)(=O)=O)cc2)nc1. The summed E-state index contributed by atoms with van der Waals surface area (Å²) in [6, 6.07) is 56.0. The Labute approximate surface area is 447 Å². The number of aromatic nitrogens is 4. The molecular weight excluding hydrogens is 977 g/mol. The van der Waals surface area contributed by atoms with E-state index in [1.54, 1.807) is 24.3 Å². The molecule has 0 atom stereocenters. The van der Waals surface area contributed by atoms with Gasteiger partial charge in [0.2, 0.25) is 0 Å². The third-order valence-corrected chi connectivity index (χ3v) is 15.6. The van der Waals surface area contributed by atoms with Crippen molar-refractivity contribution in [2.45, 2.75) is 63.2 Å². The van der Waals surface area contributed by atoms with Crippen molar-refractivity contribution in [2.24, 2.45) is 0 Å². The van der Waals surface area contributed by atoms with Gasteiger partial charge in [-0.1, -0.05) is 113 Å². The van der Waals surface area contributed by atoms with E-state index in [0.29, 0.717) is 21.6 Å². The van der Waals surface area contributed by atoms with E-state index in [0.717, 1.165) is 100.0 Å². The lowest BCUT2D eigenvalue weighted by Crippen LogP contribution is -1.98. The number of sulfone groups is 2. The maximum absolute atomic E-state index is 12.0. The van der Waals surface area contributed by atoms with Crippen LogP contribution in [-0.2, 0) is 19.7 Å². The molecule has 4 heterocycles. The Morgan fingerprint density at radius 2 is 0.829 bits per heavy atom. The molecule has 6 aromatic carbocycles. The molecule has 10 heteroatoms. The number of benzene rings is 6. The van der Waals surface area contributed by atoms with Crippen LogP contribution < -0.4 is 0 Å². The monoisotopic (exact) mass is 1040 g/mol. The van der Waals surface area contributed by atoms with Crippen LogP contribution in [0.1, 0.15) is 95.4 Å². The van der Waals surface area contributed by atoms with Gasteiger partial charge in [0.1, 0.15) is 0 Å². The van der Waals surface area contributed by atoms with Crippen molar-refractivity contribution >= 4 is 64.8 Å². The van der Waals surface area contributed by atoms with E-state index in [-0.39, 0.29) is 0 Å². The molecule has 0 radical (unpaired) electrons. The second-order valence-corrected chi connectivity index (χ2v) is 24.0. The number of nitrogens with zero attached hydrogens (tertiary/aromatic N) is 4. The van der Waals surface area contributed by atoms with Crippen molar-refractivity contribution < 1.29 is 16.8 Å². The van der Waals surface area contributed by atoms with Crippen molar-refractivity contribution in [2.75, 3.05) is 12.5 Å². The van der Waals surface area contributed by atoms with Gasteiger partial charge in [-0.2, -0.15) is 0 Å². The lowest BCUT2D eigenvalue weighted by atomic mass is 9.93. The normalized spacial score (nSPS) is 12.3. The van der Waals surface area contributed by atoms with E-state index in [1.807, 2.05) is 99.3 Å². The molecule has 0 spiro atoms. The third-order valence-electron chi connectivity index (χ3n) is 13.4. The molecule has 0 saturated carbocycles. The highest BCUT2D eigenvalue weighted by molar-refractivity contribution is 7.91. The summed E-state index contributed by atoms with van der Waals surface area (Å²) in [4.78, 5) is 19.4. The summed E-state index contributed by atoms with van der Waals surface area (Å²) in [6.45, 7) is 12.8. The molecule has 10 aromatic rings. The topological polar surface area (TPSA) is 120 Å². The summed E-state index contributed by atoms with van der Waals surface area (Å²) in [6.07, 6.45) is 14.0. The molecule has 380 valence electrons. The quantitative estimate of drug-likeness (QED) is 0.111. The molecule has 0 bridgehead atoms. The Morgan fingerprint density at radius 3 is 1.17 bits per heavy atom. The fourth-order valence-electron chi connectivity index (χ4n) is 9.09. The first-order chi connectivity index (χ1) is 36.4. The second kappa shape index (κ2) is 22.3. The smallest absolute Gasteiger partial charge is 0.175 e. The third kappa shape index (κ3) is 12.3. The first-order valence-electron chi connectivity index (χ1n) is 25.3. The van der Waals surface area contributed by atoms with Gasteiger partial charge in [0.15, 0.2) is 19.7 Å². The van der Waals surface area contributed by atoms with Crippen LogP contribution >= 0.6 is 0 Å². The number of hydrogen-bond donors (Lipinski definition) is 0. The first kappa shape index (κ1) is 52.7. The van der Waals surface area contributed by atoms with Crippen LogP contribution in [0.5, 0.6) is 0 Å². The molecule has 4 aromatic heterocycles. The fraction of sp³-hybridized carbons (Fsp3) is 0.152. The van der Waals surface area contributed by atoms with Crippen molar-refractivity contribution in [3.05, 3.63) is 251 Å². The Bertz CT molecular complexity index is 3770.